The van der Waals surface area contributed by atoms with E-state index in [1.807, 2.05) is 18.5 Å². The van der Waals surface area contributed by atoms with E-state index in [9.17, 15) is 0 Å². The number of aromatic nitrogens is 2. The summed E-state index contributed by atoms with van der Waals surface area (Å²) in [5.74, 6) is 2.46. The lowest BCUT2D eigenvalue weighted by Gasteiger charge is -2.31. The Morgan fingerprint density at radius 2 is 2.06 bits per heavy atom. The van der Waals surface area contributed by atoms with Crippen molar-refractivity contribution in [2.75, 3.05) is 18.1 Å². The minimum Gasteiger partial charge on any atom is -0.377 e. The fraction of sp³-hybridized carbons (Fsp3) is 0.714. The van der Waals surface area contributed by atoms with Crippen LogP contribution in [0.25, 0.3) is 0 Å². The van der Waals surface area contributed by atoms with Crippen molar-refractivity contribution < 1.29 is 4.74 Å². The zero-order valence-corrected chi connectivity index (χ0v) is 10.5. The molecule has 2 bridgehead atoms. The van der Waals surface area contributed by atoms with Crippen LogP contribution in [-0.4, -0.2) is 35.3 Å². The summed E-state index contributed by atoms with van der Waals surface area (Å²) in [5.41, 5.74) is 0. The minimum atomic E-state index is 0.496. The number of piperidine rings is 1. The summed E-state index contributed by atoms with van der Waals surface area (Å²) in [7, 11) is 0. The minimum absolute atomic E-state index is 0.496. The van der Waals surface area contributed by atoms with E-state index in [1.54, 1.807) is 0 Å². The van der Waals surface area contributed by atoms with Gasteiger partial charge in [0.15, 0.2) is 0 Å². The van der Waals surface area contributed by atoms with Crippen molar-refractivity contribution in [2.24, 2.45) is 11.8 Å². The summed E-state index contributed by atoms with van der Waals surface area (Å²) in [6.45, 7) is 2.07. The van der Waals surface area contributed by atoms with Gasteiger partial charge >= 0.3 is 0 Å². The van der Waals surface area contributed by atoms with Gasteiger partial charge in [-0.25, -0.2) is 9.97 Å². The molecule has 18 heavy (non-hydrogen) atoms. The van der Waals surface area contributed by atoms with E-state index in [2.05, 4.69) is 14.9 Å². The van der Waals surface area contributed by atoms with E-state index in [0.29, 0.717) is 18.1 Å². The van der Waals surface area contributed by atoms with Crippen LogP contribution in [0.4, 0.5) is 5.95 Å². The highest BCUT2D eigenvalue weighted by molar-refractivity contribution is 5.35. The zero-order valence-electron chi connectivity index (χ0n) is 10.5. The highest BCUT2D eigenvalue weighted by Gasteiger charge is 2.46. The molecule has 0 radical (unpaired) electrons. The summed E-state index contributed by atoms with van der Waals surface area (Å²) in [6.07, 6.45) is 9.33. The van der Waals surface area contributed by atoms with Gasteiger partial charge in [0.25, 0.3) is 0 Å². The maximum Gasteiger partial charge on any atom is 0.225 e. The zero-order chi connectivity index (χ0) is 11.9. The normalized spacial score (nSPS) is 34.2. The Bertz CT molecular complexity index is 420. The summed E-state index contributed by atoms with van der Waals surface area (Å²) in [6, 6.07) is 2.47. The molecule has 3 aliphatic rings. The van der Waals surface area contributed by atoms with E-state index in [0.717, 1.165) is 31.4 Å². The molecule has 3 fully saturated rings. The number of hydrogen-bond donors (Lipinski definition) is 0. The monoisotopic (exact) mass is 245 g/mol. The molecular formula is C14H19N3O. The van der Waals surface area contributed by atoms with Crippen LogP contribution in [0, 0.1) is 11.8 Å². The summed E-state index contributed by atoms with van der Waals surface area (Å²) < 4.78 is 6.08. The third-order valence-electron chi connectivity index (χ3n) is 4.53. The van der Waals surface area contributed by atoms with Crippen LogP contribution >= 0.6 is 0 Å². The van der Waals surface area contributed by atoms with Crippen molar-refractivity contribution in [1.82, 2.24) is 9.97 Å². The van der Waals surface area contributed by atoms with Gasteiger partial charge in [-0.15, -0.1) is 0 Å². The first-order chi connectivity index (χ1) is 8.90. The lowest BCUT2D eigenvalue weighted by atomic mass is 10.1. The Hall–Kier alpha value is -1.16. The molecule has 0 amide bonds. The summed E-state index contributed by atoms with van der Waals surface area (Å²) in [4.78, 5) is 11.1. The Kier molecular flexibility index (Phi) is 2.50. The molecule has 96 valence electrons. The molecule has 0 spiro atoms. The predicted octanol–water partition coefficient (Wildman–Crippen LogP) is 1.87. The van der Waals surface area contributed by atoms with E-state index >= 15 is 0 Å². The lowest BCUT2D eigenvalue weighted by Crippen LogP contribution is -2.39. The largest absolute Gasteiger partial charge is 0.377 e. The number of anilines is 1. The quantitative estimate of drug-likeness (QED) is 0.811. The first-order valence-corrected chi connectivity index (χ1v) is 7.05. The third-order valence-corrected chi connectivity index (χ3v) is 4.53. The van der Waals surface area contributed by atoms with Crippen molar-refractivity contribution >= 4 is 5.95 Å². The average Bonchev–Trinajstić information content (AvgIpc) is 3.04. The molecule has 0 aromatic carbocycles. The average molecular weight is 245 g/mol. The number of ether oxygens (including phenoxy) is 1. The van der Waals surface area contributed by atoms with E-state index in [-0.39, 0.29) is 0 Å². The van der Waals surface area contributed by atoms with Crippen LogP contribution in [0.15, 0.2) is 18.5 Å². The Labute approximate surface area is 107 Å². The van der Waals surface area contributed by atoms with Gasteiger partial charge in [0.2, 0.25) is 5.95 Å². The van der Waals surface area contributed by atoms with Crippen molar-refractivity contribution in [3.63, 3.8) is 0 Å². The van der Waals surface area contributed by atoms with E-state index in [4.69, 9.17) is 4.74 Å². The standard InChI is InChI=1S/C14H19N3O/c1-4-15-14(16-5-1)17-8-11-6-12(17)7-13(11)18-9-10-2-3-10/h1,4-5,10-13H,2-3,6-9H2/t11-,12+,13-/m1/s1. The van der Waals surface area contributed by atoms with Crippen molar-refractivity contribution in [3.8, 4) is 0 Å². The Morgan fingerprint density at radius 3 is 2.72 bits per heavy atom. The Morgan fingerprint density at radius 1 is 1.22 bits per heavy atom. The summed E-state index contributed by atoms with van der Waals surface area (Å²) >= 11 is 0. The molecule has 0 unspecified atom stereocenters. The fourth-order valence-corrected chi connectivity index (χ4v) is 3.34. The van der Waals surface area contributed by atoms with Gasteiger partial charge in [0.1, 0.15) is 0 Å². The third kappa shape index (κ3) is 1.88. The molecule has 1 aromatic rings. The molecule has 1 aromatic heterocycles. The number of rotatable bonds is 4. The van der Waals surface area contributed by atoms with Crippen LogP contribution in [0.5, 0.6) is 0 Å². The highest BCUT2D eigenvalue weighted by Crippen LogP contribution is 2.41. The second kappa shape index (κ2) is 4.19. The van der Waals surface area contributed by atoms with E-state index in [1.165, 1.54) is 19.3 Å². The van der Waals surface area contributed by atoms with Gasteiger partial charge in [0, 0.05) is 37.5 Å². The number of fused-ring (bicyclic) bond motifs is 2. The van der Waals surface area contributed by atoms with Crippen molar-refractivity contribution in [3.05, 3.63) is 18.5 Å². The second-order valence-electron chi connectivity index (χ2n) is 5.90. The van der Waals surface area contributed by atoms with Crippen molar-refractivity contribution in [1.29, 1.82) is 0 Å². The van der Waals surface area contributed by atoms with E-state index < -0.39 is 0 Å². The molecule has 4 nitrogen and oxygen atoms in total. The molecular weight excluding hydrogens is 226 g/mol. The first-order valence-electron chi connectivity index (χ1n) is 7.05. The van der Waals surface area contributed by atoms with Gasteiger partial charge in [-0.05, 0) is 37.7 Å². The lowest BCUT2D eigenvalue weighted by molar-refractivity contribution is 0.0180. The van der Waals surface area contributed by atoms with Crippen LogP contribution in [0.3, 0.4) is 0 Å². The second-order valence-corrected chi connectivity index (χ2v) is 5.90. The van der Waals surface area contributed by atoms with Gasteiger partial charge in [-0.2, -0.15) is 0 Å². The van der Waals surface area contributed by atoms with Gasteiger partial charge in [0.05, 0.1) is 6.10 Å². The molecule has 4 heteroatoms. The van der Waals surface area contributed by atoms with Gasteiger partial charge in [-0.3, -0.25) is 0 Å². The molecule has 0 N–H and O–H groups in total. The van der Waals surface area contributed by atoms with Gasteiger partial charge in [-0.1, -0.05) is 0 Å². The molecule has 4 rings (SSSR count). The topological polar surface area (TPSA) is 38.2 Å². The smallest absolute Gasteiger partial charge is 0.225 e. The van der Waals surface area contributed by atoms with Crippen LogP contribution in [-0.2, 0) is 4.74 Å². The SMILES string of the molecule is c1cnc(N2C[C@H]3C[C@H]2C[C@H]3OCC2CC2)nc1. The Balaban J connectivity index is 1.39. The highest BCUT2D eigenvalue weighted by atomic mass is 16.5. The van der Waals surface area contributed by atoms with Crippen LogP contribution in [0.1, 0.15) is 25.7 Å². The molecule has 2 heterocycles. The molecule has 3 atom stereocenters. The number of hydrogen-bond acceptors (Lipinski definition) is 4. The predicted molar refractivity (Wildman–Crippen MR) is 68.4 cm³/mol. The van der Waals surface area contributed by atoms with Crippen molar-refractivity contribution in [2.45, 2.75) is 37.8 Å². The number of nitrogens with zero attached hydrogens (tertiary/aromatic N) is 3. The molecule has 1 saturated heterocycles. The maximum atomic E-state index is 6.08. The fourth-order valence-electron chi connectivity index (χ4n) is 3.34. The maximum absolute atomic E-state index is 6.08. The summed E-state index contributed by atoms with van der Waals surface area (Å²) in [5, 5.41) is 0. The van der Waals surface area contributed by atoms with Crippen LogP contribution < -0.4 is 4.90 Å². The molecule has 2 saturated carbocycles. The molecule has 1 aliphatic heterocycles. The first kappa shape index (κ1) is 10.7. The van der Waals surface area contributed by atoms with Gasteiger partial charge < -0.3 is 9.64 Å². The van der Waals surface area contributed by atoms with Crippen LogP contribution in [0.2, 0.25) is 0 Å². The molecule has 2 aliphatic carbocycles.